The average Bonchev–Trinajstić information content (AvgIpc) is 3.05. The van der Waals surface area contributed by atoms with Gasteiger partial charge in [0.1, 0.15) is 0 Å². The highest BCUT2D eigenvalue weighted by molar-refractivity contribution is 5.20. The Bertz CT molecular complexity index is 420. The van der Waals surface area contributed by atoms with Crippen LogP contribution in [-0.2, 0) is 0 Å². The Morgan fingerprint density at radius 3 is 3.06 bits per heavy atom. The quantitative estimate of drug-likeness (QED) is 0.885. The van der Waals surface area contributed by atoms with E-state index in [-0.39, 0.29) is 0 Å². The van der Waals surface area contributed by atoms with Crippen molar-refractivity contribution >= 4 is 5.95 Å². The summed E-state index contributed by atoms with van der Waals surface area (Å²) in [5.41, 5.74) is 6.79. The van der Waals surface area contributed by atoms with E-state index >= 15 is 0 Å². The molecular formula is C14H22N4. The molecule has 1 saturated carbocycles. The SMILES string of the molecule is CC1CC1CN1CCCC(c2ccnc(N)n2)C1. The number of nitrogens with zero attached hydrogens (tertiary/aromatic N) is 3. The van der Waals surface area contributed by atoms with Crippen LogP contribution in [0.1, 0.15) is 37.8 Å². The summed E-state index contributed by atoms with van der Waals surface area (Å²) in [4.78, 5) is 11.0. The number of nitrogens with two attached hydrogens (primary N) is 1. The average molecular weight is 246 g/mol. The molecule has 0 aromatic carbocycles. The molecule has 2 heterocycles. The van der Waals surface area contributed by atoms with E-state index in [2.05, 4.69) is 21.8 Å². The zero-order chi connectivity index (χ0) is 12.5. The first-order valence-electron chi connectivity index (χ1n) is 7.03. The van der Waals surface area contributed by atoms with Crippen LogP contribution in [0.2, 0.25) is 0 Å². The molecule has 3 rings (SSSR count). The van der Waals surface area contributed by atoms with E-state index in [1.807, 2.05) is 6.07 Å². The molecule has 0 radical (unpaired) electrons. The number of nitrogen functional groups attached to an aromatic ring is 1. The van der Waals surface area contributed by atoms with Crippen molar-refractivity contribution < 1.29 is 0 Å². The Kier molecular flexibility index (Phi) is 3.20. The van der Waals surface area contributed by atoms with Gasteiger partial charge in [-0.3, -0.25) is 0 Å². The molecular weight excluding hydrogens is 224 g/mol. The molecule has 4 nitrogen and oxygen atoms in total. The first-order chi connectivity index (χ1) is 8.72. The lowest BCUT2D eigenvalue weighted by Crippen LogP contribution is -2.36. The number of likely N-dealkylation sites (tertiary alicyclic amines) is 1. The van der Waals surface area contributed by atoms with Crippen molar-refractivity contribution in [2.24, 2.45) is 11.8 Å². The highest BCUT2D eigenvalue weighted by Gasteiger charge is 2.35. The van der Waals surface area contributed by atoms with Gasteiger partial charge in [0.05, 0.1) is 5.69 Å². The fourth-order valence-corrected chi connectivity index (χ4v) is 3.06. The lowest BCUT2D eigenvalue weighted by atomic mass is 9.94. The Labute approximate surface area is 109 Å². The number of aromatic nitrogens is 2. The van der Waals surface area contributed by atoms with Gasteiger partial charge in [0.25, 0.3) is 0 Å². The molecule has 0 amide bonds. The predicted octanol–water partition coefficient (Wildman–Crippen LogP) is 1.89. The Morgan fingerprint density at radius 2 is 2.33 bits per heavy atom. The molecule has 98 valence electrons. The molecule has 2 aliphatic rings. The predicted molar refractivity (Wildman–Crippen MR) is 72.1 cm³/mol. The van der Waals surface area contributed by atoms with Gasteiger partial charge >= 0.3 is 0 Å². The lowest BCUT2D eigenvalue weighted by Gasteiger charge is -2.32. The van der Waals surface area contributed by atoms with E-state index in [0.717, 1.165) is 24.1 Å². The molecule has 1 aliphatic heterocycles. The van der Waals surface area contributed by atoms with Crippen LogP contribution >= 0.6 is 0 Å². The Hall–Kier alpha value is -1.16. The van der Waals surface area contributed by atoms with Gasteiger partial charge in [-0.2, -0.15) is 0 Å². The third-order valence-corrected chi connectivity index (χ3v) is 4.39. The van der Waals surface area contributed by atoms with E-state index < -0.39 is 0 Å². The number of hydrogen-bond acceptors (Lipinski definition) is 4. The lowest BCUT2D eigenvalue weighted by molar-refractivity contribution is 0.196. The second kappa shape index (κ2) is 4.84. The monoisotopic (exact) mass is 246 g/mol. The Balaban J connectivity index is 1.62. The first-order valence-corrected chi connectivity index (χ1v) is 7.03. The van der Waals surface area contributed by atoms with Gasteiger partial charge < -0.3 is 10.6 Å². The summed E-state index contributed by atoms with van der Waals surface area (Å²) in [5, 5.41) is 0. The minimum Gasteiger partial charge on any atom is -0.368 e. The van der Waals surface area contributed by atoms with Gasteiger partial charge in [0.15, 0.2) is 0 Å². The molecule has 2 fully saturated rings. The molecule has 1 aromatic heterocycles. The number of rotatable bonds is 3. The summed E-state index contributed by atoms with van der Waals surface area (Å²) in [6.45, 7) is 6.02. The highest BCUT2D eigenvalue weighted by Crippen LogP contribution is 2.39. The summed E-state index contributed by atoms with van der Waals surface area (Å²) < 4.78 is 0. The smallest absolute Gasteiger partial charge is 0.220 e. The zero-order valence-corrected chi connectivity index (χ0v) is 11.0. The topological polar surface area (TPSA) is 55.0 Å². The van der Waals surface area contributed by atoms with E-state index in [9.17, 15) is 0 Å². The molecule has 0 bridgehead atoms. The third kappa shape index (κ3) is 2.64. The number of hydrogen-bond donors (Lipinski definition) is 1. The van der Waals surface area contributed by atoms with Gasteiger partial charge in [-0.25, -0.2) is 9.97 Å². The molecule has 3 atom stereocenters. The van der Waals surface area contributed by atoms with Crippen molar-refractivity contribution in [2.75, 3.05) is 25.4 Å². The maximum atomic E-state index is 5.67. The van der Waals surface area contributed by atoms with Crippen LogP contribution in [0.5, 0.6) is 0 Å². The van der Waals surface area contributed by atoms with Crippen molar-refractivity contribution in [3.8, 4) is 0 Å². The van der Waals surface area contributed by atoms with Gasteiger partial charge in [-0.05, 0) is 43.7 Å². The number of anilines is 1. The van der Waals surface area contributed by atoms with Crippen LogP contribution in [0, 0.1) is 11.8 Å². The van der Waals surface area contributed by atoms with Crippen LogP contribution in [0.15, 0.2) is 12.3 Å². The largest absolute Gasteiger partial charge is 0.368 e. The first kappa shape index (κ1) is 11.9. The summed E-state index contributed by atoms with van der Waals surface area (Å²) in [6, 6.07) is 2.02. The van der Waals surface area contributed by atoms with E-state index in [4.69, 9.17) is 5.73 Å². The maximum absolute atomic E-state index is 5.67. The van der Waals surface area contributed by atoms with Gasteiger partial charge in [0.2, 0.25) is 5.95 Å². The van der Waals surface area contributed by atoms with E-state index in [1.165, 1.54) is 32.4 Å². The molecule has 1 aromatic rings. The van der Waals surface area contributed by atoms with Crippen molar-refractivity contribution in [3.05, 3.63) is 18.0 Å². The molecule has 3 unspecified atom stereocenters. The molecule has 1 aliphatic carbocycles. The van der Waals surface area contributed by atoms with Crippen molar-refractivity contribution in [1.82, 2.24) is 14.9 Å². The van der Waals surface area contributed by atoms with Crippen LogP contribution < -0.4 is 5.73 Å². The fraction of sp³-hybridized carbons (Fsp3) is 0.714. The fourth-order valence-electron chi connectivity index (χ4n) is 3.06. The Morgan fingerprint density at radius 1 is 1.50 bits per heavy atom. The number of piperidine rings is 1. The standard InChI is InChI=1S/C14H22N4/c1-10-7-12(10)9-18-6-2-3-11(8-18)13-4-5-16-14(15)17-13/h4-5,10-12H,2-3,6-9H2,1H3,(H2,15,16,17). The normalized spacial score (nSPS) is 32.4. The van der Waals surface area contributed by atoms with Crippen LogP contribution in [-0.4, -0.2) is 34.5 Å². The van der Waals surface area contributed by atoms with Crippen LogP contribution in [0.3, 0.4) is 0 Å². The van der Waals surface area contributed by atoms with E-state index in [0.29, 0.717) is 11.9 Å². The molecule has 0 spiro atoms. The summed E-state index contributed by atoms with van der Waals surface area (Å²) in [6.07, 6.45) is 5.70. The van der Waals surface area contributed by atoms with Crippen LogP contribution in [0.4, 0.5) is 5.95 Å². The van der Waals surface area contributed by atoms with Crippen molar-refractivity contribution in [3.63, 3.8) is 0 Å². The zero-order valence-electron chi connectivity index (χ0n) is 11.0. The van der Waals surface area contributed by atoms with E-state index in [1.54, 1.807) is 6.20 Å². The van der Waals surface area contributed by atoms with Gasteiger partial charge in [0, 0.05) is 25.2 Å². The minimum atomic E-state index is 0.403. The summed E-state index contributed by atoms with van der Waals surface area (Å²) >= 11 is 0. The molecule has 1 saturated heterocycles. The third-order valence-electron chi connectivity index (χ3n) is 4.39. The van der Waals surface area contributed by atoms with Crippen molar-refractivity contribution in [1.29, 1.82) is 0 Å². The highest BCUT2D eigenvalue weighted by atomic mass is 15.1. The van der Waals surface area contributed by atoms with Crippen molar-refractivity contribution in [2.45, 2.75) is 32.1 Å². The van der Waals surface area contributed by atoms with Gasteiger partial charge in [-0.15, -0.1) is 0 Å². The van der Waals surface area contributed by atoms with Gasteiger partial charge in [-0.1, -0.05) is 6.92 Å². The molecule has 2 N–H and O–H groups in total. The molecule has 18 heavy (non-hydrogen) atoms. The summed E-state index contributed by atoms with van der Waals surface area (Å²) in [5.74, 6) is 2.83. The summed E-state index contributed by atoms with van der Waals surface area (Å²) in [7, 11) is 0. The van der Waals surface area contributed by atoms with Crippen LogP contribution in [0.25, 0.3) is 0 Å². The molecule has 4 heteroatoms. The second-order valence-electron chi connectivity index (χ2n) is 5.91. The minimum absolute atomic E-state index is 0.403. The maximum Gasteiger partial charge on any atom is 0.220 e. The second-order valence-corrected chi connectivity index (χ2v) is 5.91.